The number of nitrogens with one attached hydrogen (secondary N) is 1. The number of unbranched alkanes of at least 4 members (excludes halogenated alkanes) is 1. The van der Waals surface area contributed by atoms with Gasteiger partial charge in [-0.15, -0.1) is 0 Å². The summed E-state index contributed by atoms with van der Waals surface area (Å²) in [5, 5.41) is 2.68. The lowest BCUT2D eigenvalue weighted by molar-refractivity contribution is -0.160. The number of hydrogen-bond donors (Lipinski definition) is 1. The van der Waals surface area contributed by atoms with E-state index in [1.165, 1.54) is 4.90 Å². The Kier molecular flexibility index (Phi) is 6.51. The van der Waals surface area contributed by atoms with Crippen LogP contribution in [0.1, 0.15) is 60.3 Å². The molecule has 3 amide bonds. The Balaban J connectivity index is 1.28. The molecule has 3 aromatic rings. The summed E-state index contributed by atoms with van der Waals surface area (Å²) in [6.07, 6.45) is 1.71. The van der Waals surface area contributed by atoms with Gasteiger partial charge in [-0.05, 0) is 40.8 Å². The lowest BCUT2D eigenvalue weighted by Crippen LogP contribution is -2.47. The van der Waals surface area contributed by atoms with E-state index in [0.717, 1.165) is 28.7 Å². The number of carbonyl (C=O) groups excluding carboxylic acids is 4. The van der Waals surface area contributed by atoms with Crippen LogP contribution in [0.15, 0.2) is 78.9 Å². The van der Waals surface area contributed by atoms with Crippen LogP contribution < -0.4 is 5.32 Å². The highest BCUT2D eigenvalue weighted by atomic mass is 16.5. The van der Waals surface area contributed by atoms with Gasteiger partial charge in [-0.25, -0.2) is 4.79 Å². The van der Waals surface area contributed by atoms with E-state index in [1.807, 2.05) is 61.5 Å². The summed E-state index contributed by atoms with van der Waals surface area (Å²) in [5.41, 5.74) is 4.91. The maximum Gasteiger partial charge on any atom is 0.329 e. The molecule has 7 rings (SSSR count). The van der Waals surface area contributed by atoms with Crippen molar-refractivity contribution in [3.8, 4) is 0 Å². The number of hydrogen-bond acceptors (Lipinski definition) is 5. The van der Waals surface area contributed by atoms with Gasteiger partial charge >= 0.3 is 5.97 Å². The van der Waals surface area contributed by atoms with Gasteiger partial charge in [0.1, 0.15) is 6.04 Å². The second-order valence-corrected chi connectivity index (χ2v) is 10.5. The van der Waals surface area contributed by atoms with E-state index in [-0.39, 0.29) is 23.7 Å². The minimum Gasteiger partial charge on any atom is -0.454 e. The van der Waals surface area contributed by atoms with Gasteiger partial charge in [0.05, 0.1) is 11.8 Å². The van der Waals surface area contributed by atoms with E-state index in [4.69, 9.17) is 4.74 Å². The number of ether oxygens (including phenoxy) is 1. The quantitative estimate of drug-likeness (QED) is 0.344. The van der Waals surface area contributed by atoms with Gasteiger partial charge in [-0.3, -0.25) is 19.3 Å². The van der Waals surface area contributed by atoms with Crippen molar-refractivity contribution >= 4 is 29.4 Å². The third kappa shape index (κ3) is 4.13. The summed E-state index contributed by atoms with van der Waals surface area (Å²) in [4.78, 5) is 55.1. The third-order valence-corrected chi connectivity index (χ3v) is 8.30. The predicted molar refractivity (Wildman–Crippen MR) is 145 cm³/mol. The molecule has 1 saturated heterocycles. The van der Waals surface area contributed by atoms with Crippen LogP contribution in [0.5, 0.6) is 0 Å². The molecule has 1 aliphatic heterocycles. The standard InChI is InChI=1S/C32H30N2O5/c1-2-3-17-24(32(38)39-18-25(35)33-19-11-5-4-6-12-19)34-30(36)28-26-20-13-7-8-14-21(20)27(29(28)31(34)37)23-16-10-9-15-22(23)26/h4-16,24,26-29H,2-3,17-18H2,1H3,(H,33,35)/t24-,26?,27?,28-,29-/m1/s1. The molecule has 3 aliphatic carbocycles. The number of anilines is 1. The number of nitrogens with zero attached hydrogens (tertiary/aromatic N) is 1. The van der Waals surface area contributed by atoms with Crippen molar-refractivity contribution in [2.45, 2.75) is 44.1 Å². The number of carbonyl (C=O) groups is 4. The van der Waals surface area contributed by atoms with Gasteiger partial charge < -0.3 is 10.1 Å². The summed E-state index contributed by atoms with van der Waals surface area (Å²) in [7, 11) is 0. The van der Waals surface area contributed by atoms with Crippen molar-refractivity contribution in [1.82, 2.24) is 4.90 Å². The van der Waals surface area contributed by atoms with E-state index in [1.54, 1.807) is 24.3 Å². The summed E-state index contributed by atoms with van der Waals surface area (Å²) in [5.74, 6) is -3.47. The Morgan fingerprint density at radius 2 is 1.28 bits per heavy atom. The third-order valence-electron chi connectivity index (χ3n) is 8.30. The molecule has 1 N–H and O–H groups in total. The summed E-state index contributed by atoms with van der Waals surface area (Å²) >= 11 is 0. The van der Waals surface area contributed by atoms with Crippen molar-refractivity contribution in [2.75, 3.05) is 11.9 Å². The van der Waals surface area contributed by atoms with Gasteiger partial charge in [-0.2, -0.15) is 0 Å². The normalized spacial score (nSPS) is 23.1. The molecule has 1 heterocycles. The predicted octanol–water partition coefficient (Wildman–Crippen LogP) is 4.62. The first-order chi connectivity index (χ1) is 19.0. The second-order valence-electron chi connectivity index (χ2n) is 10.5. The molecule has 7 nitrogen and oxygen atoms in total. The summed E-state index contributed by atoms with van der Waals surface area (Å²) in [6, 6.07) is 23.9. The van der Waals surface area contributed by atoms with E-state index in [0.29, 0.717) is 18.5 Å². The van der Waals surface area contributed by atoms with Gasteiger partial charge in [0, 0.05) is 17.5 Å². The summed E-state index contributed by atoms with van der Waals surface area (Å²) < 4.78 is 5.39. The molecule has 0 aromatic heterocycles. The van der Waals surface area contributed by atoms with E-state index in [2.05, 4.69) is 5.32 Å². The number of amides is 3. The first-order valence-electron chi connectivity index (χ1n) is 13.6. The second kappa shape index (κ2) is 10.1. The van der Waals surface area contributed by atoms with Crippen molar-refractivity contribution < 1.29 is 23.9 Å². The monoisotopic (exact) mass is 522 g/mol. The van der Waals surface area contributed by atoms with Crippen molar-refractivity contribution in [1.29, 1.82) is 0 Å². The molecule has 1 fully saturated rings. The Morgan fingerprint density at radius 3 is 1.77 bits per heavy atom. The maximum absolute atomic E-state index is 14.1. The van der Waals surface area contributed by atoms with Crippen LogP contribution in [0.3, 0.4) is 0 Å². The van der Waals surface area contributed by atoms with Gasteiger partial charge in [0.25, 0.3) is 5.91 Å². The SMILES string of the molecule is CCCC[C@H](C(=O)OCC(=O)Nc1ccccc1)N1C(=O)[C@@H]2C3c4ccccc4C(c4ccccc43)[C@H]2C1=O. The average Bonchev–Trinajstić information content (AvgIpc) is 3.23. The smallest absolute Gasteiger partial charge is 0.329 e. The topological polar surface area (TPSA) is 92.8 Å². The fourth-order valence-electron chi connectivity index (χ4n) is 6.71. The zero-order chi connectivity index (χ0) is 27.1. The Morgan fingerprint density at radius 1 is 0.795 bits per heavy atom. The fourth-order valence-corrected chi connectivity index (χ4v) is 6.71. The maximum atomic E-state index is 14.1. The van der Waals surface area contributed by atoms with Crippen LogP contribution in [0, 0.1) is 11.8 Å². The molecule has 198 valence electrons. The average molecular weight is 523 g/mol. The van der Waals surface area contributed by atoms with Gasteiger partial charge in [0.2, 0.25) is 11.8 Å². The van der Waals surface area contributed by atoms with E-state index in [9.17, 15) is 19.2 Å². The van der Waals surface area contributed by atoms with Gasteiger partial charge in [0.15, 0.2) is 6.61 Å². The molecular formula is C32H30N2O5. The van der Waals surface area contributed by atoms with Crippen molar-refractivity contribution in [3.63, 3.8) is 0 Å². The lowest BCUT2D eigenvalue weighted by Gasteiger charge is -2.45. The van der Waals surface area contributed by atoms with E-state index < -0.39 is 36.4 Å². The number of imide groups is 1. The number of esters is 1. The number of likely N-dealkylation sites (tertiary alicyclic amines) is 1. The van der Waals surface area contributed by atoms with Crippen LogP contribution in [0.4, 0.5) is 5.69 Å². The highest BCUT2D eigenvalue weighted by Crippen LogP contribution is 2.61. The molecule has 0 spiro atoms. The molecule has 0 unspecified atom stereocenters. The Hall–Kier alpha value is -4.26. The minimum absolute atomic E-state index is 0.242. The zero-order valence-electron chi connectivity index (χ0n) is 21.7. The lowest BCUT2D eigenvalue weighted by atomic mass is 9.55. The van der Waals surface area contributed by atoms with Crippen molar-refractivity contribution in [2.24, 2.45) is 11.8 Å². The fraction of sp³-hybridized carbons (Fsp3) is 0.312. The van der Waals surface area contributed by atoms with E-state index >= 15 is 0 Å². The Bertz CT molecular complexity index is 1340. The Labute approximate surface area is 227 Å². The molecule has 0 saturated carbocycles. The molecule has 0 radical (unpaired) electrons. The largest absolute Gasteiger partial charge is 0.454 e. The van der Waals surface area contributed by atoms with Crippen LogP contribution in [-0.4, -0.2) is 41.2 Å². The first kappa shape index (κ1) is 25.0. The van der Waals surface area contributed by atoms with Crippen LogP contribution in [0.25, 0.3) is 0 Å². The number of benzene rings is 3. The first-order valence-corrected chi connectivity index (χ1v) is 13.6. The van der Waals surface area contributed by atoms with Crippen LogP contribution in [0.2, 0.25) is 0 Å². The highest BCUT2D eigenvalue weighted by Gasteiger charge is 2.63. The molecule has 3 aromatic carbocycles. The molecule has 4 aliphatic rings. The van der Waals surface area contributed by atoms with Gasteiger partial charge in [-0.1, -0.05) is 86.5 Å². The number of para-hydroxylation sites is 1. The molecule has 7 heteroatoms. The minimum atomic E-state index is -1.06. The van der Waals surface area contributed by atoms with Crippen LogP contribution in [-0.2, 0) is 23.9 Å². The molecule has 3 atom stereocenters. The molecule has 2 bridgehead atoms. The van der Waals surface area contributed by atoms with Crippen molar-refractivity contribution in [3.05, 3.63) is 101 Å². The van der Waals surface area contributed by atoms with Crippen LogP contribution >= 0.6 is 0 Å². The molecular weight excluding hydrogens is 492 g/mol. The zero-order valence-corrected chi connectivity index (χ0v) is 21.7. The molecule has 39 heavy (non-hydrogen) atoms. The number of rotatable bonds is 8. The summed E-state index contributed by atoms with van der Waals surface area (Å²) in [6.45, 7) is 1.48. The highest BCUT2D eigenvalue weighted by molar-refractivity contribution is 6.10.